The molecule has 0 aromatic heterocycles. The minimum absolute atomic E-state index is 0. The first-order valence-corrected chi connectivity index (χ1v) is 9.27. The molecule has 0 amide bonds. The predicted octanol–water partition coefficient (Wildman–Crippen LogP) is 4.93. The molecule has 1 fully saturated rings. The van der Waals surface area contributed by atoms with Crippen LogP contribution >= 0.6 is 12.4 Å². The largest absolute Gasteiger partial charge is 0.493 e. The summed E-state index contributed by atoms with van der Waals surface area (Å²) in [5.74, 6) is 1.36. The zero-order chi connectivity index (χ0) is 18.4. The third-order valence-corrected chi connectivity index (χ3v) is 5.10. The molecule has 1 heterocycles. The summed E-state index contributed by atoms with van der Waals surface area (Å²) in [6.45, 7) is 2.11. The lowest BCUT2D eigenvalue weighted by Crippen LogP contribution is -2.35. The Morgan fingerprint density at radius 1 is 0.963 bits per heavy atom. The van der Waals surface area contributed by atoms with Crippen LogP contribution in [0.25, 0.3) is 0 Å². The number of nitrogens with zero attached hydrogens (tertiary/aromatic N) is 1. The van der Waals surface area contributed by atoms with E-state index in [9.17, 15) is 4.79 Å². The first-order chi connectivity index (χ1) is 12.7. The molecule has 0 N–H and O–H groups in total. The van der Waals surface area contributed by atoms with Crippen LogP contribution in [0.3, 0.4) is 0 Å². The molecular weight excluding hydrogens is 362 g/mol. The fourth-order valence-corrected chi connectivity index (χ4v) is 3.67. The van der Waals surface area contributed by atoms with E-state index in [0.717, 1.165) is 13.1 Å². The normalized spacial score (nSPS) is 15.5. The van der Waals surface area contributed by atoms with Crippen molar-refractivity contribution in [1.82, 2.24) is 4.90 Å². The smallest absolute Gasteiger partial charge is 0.164 e. The van der Waals surface area contributed by atoms with E-state index < -0.39 is 0 Å². The summed E-state index contributed by atoms with van der Waals surface area (Å²) in [4.78, 5) is 15.5. The SMILES string of the molecule is COc1ccc(C(=O)CC(c2ccccc2)N2CCCCC2)cc1OC.Cl. The molecule has 0 radical (unpaired) electrons. The number of carbonyl (C=O) groups excluding carboxylic acids is 1. The van der Waals surface area contributed by atoms with Crippen molar-refractivity contribution in [2.24, 2.45) is 0 Å². The highest BCUT2D eigenvalue weighted by Crippen LogP contribution is 2.32. The van der Waals surface area contributed by atoms with Gasteiger partial charge >= 0.3 is 0 Å². The lowest BCUT2D eigenvalue weighted by atomic mass is 9.94. The summed E-state index contributed by atoms with van der Waals surface area (Å²) in [6.07, 6.45) is 4.16. The lowest BCUT2D eigenvalue weighted by molar-refractivity contribution is 0.0894. The fraction of sp³-hybridized carbons (Fsp3) is 0.409. The molecular formula is C22H28ClNO3. The standard InChI is InChI=1S/C22H27NO3.ClH/c1-25-21-12-11-18(15-22(21)26-2)20(24)16-19(17-9-5-3-6-10-17)23-13-7-4-8-14-23;/h3,5-6,9-12,15,19H,4,7-8,13-14,16H2,1-2H3;1H. The fourth-order valence-electron chi connectivity index (χ4n) is 3.67. The summed E-state index contributed by atoms with van der Waals surface area (Å²) in [5, 5.41) is 0. The van der Waals surface area contributed by atoms with E-state index in [4.69, 9.17) is 9.47 Å². The third kappa shape index (κ3) is 5.24. The Bertz CT molecular complexity index is 730. The van der Waals surface area contributed by atoms with Gasteiger partial charge < -0.3 is 9.47 Å². The van der Waals surface area contributed by atoms with Gasteiger partial charge in [0.1, 0.15) is 0 Å². The molecule has 1 unspecified atom stereocenters. The Kier molecular flexibility index (Phi) is 8.14. The van der Waals surface area contributed by atoms with Gasteiger partial charge in [-0.2, -0.15) is 0 Å². The molecule has 146 valence electrons. The number of rotatable bonds is 7. The Morgan fingerprint density at radius 2 is 1.63 bits per heavy atom. The topological polar surface area (TPSA) is 38.8 Å². The monoisotopic (exact) mass is 389 g/mol. The number of carbonyl (C=O) groups is 1. The molecule has 0 aliphatic carbocycles. The van der Waals surface area contributed by atoms with Gasteiger partial charge in [-0.05, 0) is 49.7 Å². The maximum absolute atomic E-state index is 13.0. The zero-order valence-electron chi connectivity index (χ0n) is 16.0. The molecule has 1 saturated heterocycles. The van der Waals surface area contributed by atoms with Gasteiger partial charge in [-0.15, -0.1) is 12.4 Å². The first kappa shape index (κ1) is 21.3. The second kappa shape index (κ2) is 10.3. The Hall–Kier alpha value is -2.04. The number of piperidine rings is 1. The maximum Gasteiger partial charge on any atom is 0.164 e. The number of hydrogen-bond acceptors (Lipinski definition) is 4. The van der Waals surface area contributed by atoms with E-state index in [1.165, 1.54) is 24.8 Å². The van der Waals surface area contributed by atoms with Crippen molar-refractivity contribution in [1.29, 1.82) is 0 Å². The number of benzene rings is 2. The third-order valence-electron chi connectivity index (χ3n) is 5.10. The van der Waals surface area contributed by atoms with Gasteiger partial charge in [-0.1, -0.05) is 36.8 Å². The van der Waals surface area contributed by atoms with Crippen LogP contribution in [0, 0.1) is 0 Å². The number of Topliss-reactive ketones (excluding diaryl/α,β-unsaturated/α-hetero) is 1. The quantitative estimate of drug-likeness (QED) is 0.629. The minimum Gasteiger partial charge on any atom is -0.493 e. The molecule has 0 spiro atoms. The second-order valence-electron chi connectivity index (χ2n) is 6.72. The Balaban J connectivity index is 0.00000261. The molecule has 1 aliphatic rings. The number of methoxy groups -OCH3 is 2. The average Bonchev–Trinajstić information content (AvgIpc) is 2.72. The van der Waals surface area contributed by atoms with Crippen molar-refractivity contribution in [3.63, 3.8) is 0 Å². The molecule has 27 heavy (non-hydrogen) atoms. The second-order valence-corrected chi connectivity index (χ2v) is 6.72. The zero-order valence-corrected chi connectivity index (χ0v) is 16.8. The van der Waals surface area contributed by atoms with Gasteiger partial charge in [-0.3, -0.25) is 9.69 Å². The molecule has 0 bridgehead atoms. The van der Waals surface area contributed by atoms with Crippen LogP contribution < -0.4 is 9.47 Å². The van der Waals surface area contributed by atoms with E-state index in [1.54, 1.807) is 26.4 Å². The van der Waals surface area contributed by atoms with Crippen LogP contribution in [0.1, 0.15) is 47.6 Å². The number of halogens is 1. The molecule has 3 rings (SSSR count). The van der Waals surface area contributed by atoms with Crippen molar-refractivity contribution < 1.29 is 14.3 Å². The van der Waals surface area contributed by atoms with Crippen LogP contribution in [0.2, 0.25) is 0 Å². The Labute approximate surface area is 167 Å². The van der Waals surface area contributed by atoms with E-state index >= 15 is 0 Å². The molecule has 1 atom stereocenters. The molecule has 4 nitrogen and oxygen atoms in total. The number of likely N-dealkylation sites (tertiary alicyclic amines) is 1. The summed E-state index contributed by atoms with van der Waals surface area (Å²) < 4.78 is 10.6. The molecule has 2 aromatic rings. The van der Waals surface area contributed by atoms with E-state index in [1.807, 2.05) is 24.3 Å². The first-order valence-electron chi connectivity index (χ1n) is 9.27. The Morgan fingerprint density at radius 3 is 2.26 bits per heavy atom. The van der Waals surface area contributed by atoms with Gasteiger partial charge in [0.2, 0.25) is 0 Å². The highest BCUT2D eigenvalue weighted by molar-refractivity contribution is 5.97. The van der Waals surface area contributed by atoms with Crippen molar-refractivity contribution in [2.45, 2.75) is 31.7 Å². The predicted molar refractivity (Wildman–Crippen MR) is 110 cm³/mol. The summed E-state index contributed by atoms with van der Waals surface area (Å²) in [5.41, 5.74) is 1.88. The number of ether oxygens (including phenoxy) is 2. The van der Waals surface area contributed by atoms with E-state index in [0.29, 0.717) is 23.5 Å². The van der Waals surface area contributed by atoms with Gasteiger partial charge in [-0.25, -0.2) is 0 Å². The molecule has 0 saturated carbocycles. The van der Waals surface area contributed by atoms with Crippen molar-refractivity contribution in [3.05, 3.63) is 59.7 Å². The van der Waals surface area contributed by atoms with Gasteiger partial charge in [0.25, 0.3) is 0 Å². The summed E-state index contributed by atoms with van der Waals surface area (Å²) in [7, 11) is 3.19. The lowest BCUT2D eigenvalue weighted by Gasteiger charge is -2.34. The van der Waals surface area contributed by atoms with Crippen LogP contribution in [-0.2, 0) is 0 Å². The molecule has 5 heteroatoms. The summed E-state index contributed by atoms with van der Waals surface area (Å²) in [6, 6.07) is 15.9. The van der Waals surface area contributed by atoms with Crippen molar-refractivity contribution in [3.8, 4) is 11.5 Å². The number of ketones is 1. The van der Waals surface area contributed by atoms with Gasteiger partial charge in [0, 0.05) is 18.0 Å². The van der Waals surface area contributed by atoms with Crippen molar-refractivity contribution in [2.75, 3.05) is 27.3 Å². The van der Waals surface area contributed by atoms with E-state index in [2.05, 4.69) is 17.0 Å². The number of hydrogen-bond donors (Lipinski definition) is 0. The molecule has 1 aliphatic heterocycles. The average molecular weight is 390 g/mol. The summed E-state index contributed by atoms with van der Waals surface area (Å²) >= 11 is 0. The highest BCUT2D eigenvalue weighted by atomic mass is 35.5. The van der Waals surface area contributed by atoms with Crippen LogP contribution in [0.5, 0.6) is 11.5 Å². The van der Waals surface area contributed by atoms with Crippen molar-refractivity contribution >= 4 is 18.2 Å². The minimum atomic E-state index is 0. The van der Waals surface area contributed by atoms with Gasteiger partial charge in [0.05, 0.1) is 14.2 Å². The molecule has 2 aromatic carbocycles. The maximum atomic E-state index is 13.0. The highest BCUT2D eigenvalue weighted by Gasteiger charge is 2.25. The van der Waals surface area contributed by atoms with E-state index in [-0.39, 0.29) is 24.2 Å². The van der Waals surface area contributed by atoms with Crippen LogP contribution in [-0.4, -0.2) is 38.0 Å². The van der Waals surface area contributed by atoms with Crippen LogP contribution in [0.15, 0.2) is 48.5 Å². The van der Waals surface area contributed by atoms with Crippen LogP contribution in [0.4, 0.5) is 0 Å². The van der Waals surface area contributed by atoms with Gasteiger partial charge in [0.15, 0.2) is 17.3 Å².